The van der Waals surface area contributed by atoms with Crippen LogP contribution >= 0.6 is 0 Å². The van der Waals surface area contributed by atoms with E-state index >= 15 is 0 Å². The van der Waals surface area contributed by atoms with Crippen LogP contribution in [0.15, 0.2) is 4.99 Å². The van der Waals surface area contributed by atoms with Crippen molar-refractivity contribution in [2.24, 2.45) is 16.6 Å². The first-order valence-corrected chi connectivity index (χ1v) is 3.27. The van der Waals surface area contributed by atoms with E-state index in [1.807, 2.05) is 0 Å². The molecule has 0 unspecified atom stereocenters. The maximum atomic E-state index is 5.37. The largest absolute Gasteiger partial charge is 0.462 e. The van der Waals surface area contributed by atoms with Gasteiger partial charge in [-0.05, 0) is 13.3 Å². The van der Waals surface area contributed by atoms with Gasteiger partial charge in [-0.2, -0.15) is 0 Å². The maximum Gasteiger partial charge on any atom is 0.282 e. The molecule has 1 fully saturated rings. The van der Waals surface area contributed by atoms with Crippen molar-refractivity contribution < 1.29 is 4.74 Å². The fraction of sp³-hybridized carbons (Fsp3) is 0.833. The van der Waals surface area contributed by atoms with Crippen LogP contribution in [0.5, 0.6) is 0 Å². The summed E-state index contributed by atoms with van der Waals surface area (Å²) < 4.78 is 5.16. The van der Waals surface area contributed by atoms with Gasteiger partial charge in [-0.1, -0.05) is 0 Å². The Morgan fingerprint density at radius 1 is 1.78 bits per heavy atom. The van der Waals surface area contributed by atoms with E-state index in [2.05, 4.69) is 11.9 Å². The third kappa shape index (κ3) is 0.677. The summed E-state index contributed by atoms with van der Waals surface area (Å²) in [5, 5.41) is 0. The predicted molar refractivity (Wildman–Crippen MR) is 34.1 cm³/mol. The van der Waals surface area contributed by atoms with Gasteiger partial charge in [-0.3, -0.25) is 0 Å². The first-order chi connectivity index (χ1) is 4.27. The number of aliphatic imine (C=N–C) groups is 1. The van der Waals surface area contributed by atoms with E-state index in [0.717, 1.165) is 6.42 Å². The molecule has 0 radical (unpaired) electrons. The highest BCUT2D eigenvalue weighted by Gasteiger charge is 2.46. The van der Waals surface area contributed by atoms with E-state index in [-0.39, 0.29) is 0 Å². The van der Waals surface area contributed by atoms with E-state index in [4.69, 9.17) is 10.5 Å². The van der Waals surface area contributed by atoms with Crippen LogP contribution in [-0.2, 0) is 4.74 Å². The average molecular weight is 126 g/mol. The zero-order valence-electron chi connectivity index (χ0n) is 5.37. The first kappa shape index (κ1) is 5.09. The van der Waals surface area contributed by atoms with Crippen LogP contribution in [0.2, 0.25) is 0 Å². The van der Waals surface area contributed by atoms with E-state index < -0.39 is 0 Å². The number of ether oxygens (including phenoxy) is 1. The van der Waals surface area contributed by atoms with E-state index in [9.17, 15) is 0 Å². The van der Waals surface area contributed by atoms with Crippen molar-refractivity contribution in [3.8, 4) is 0 Å². The summed E-state index contributed by atoms with van der Waals surface area (Å²) in [7, 11) is 0. The third-order valence-electron chi connectivity index (χ3n) is 2.00. The van der Waals surface area contributed by atoms with Crippen LogP contribution in [-0.4, -0.2) is 18.2 Å². The molecule has 9 heavy (non-hydrogen) atoms. The molecule has 0 amide bonds. The van der Waals surface area contributed by atoms with Crippen LogP contribution in [0.1, 0.15) is 13.3 Å². The first-order valence-electron chi connectivity index (χ1n) is 3.27. The lowest BCUT2D eigenvalue weighted by Crippen LogP contribution is -2.26. The number of rotatable bonds is 0. The third-order valence-corrected chi connectivity index (χ3v) is 2.00. The Kier molecular flexibility index (Phi) is 0.793. The lowest BCUT2D eigenvalue weighted by Gasteiger charge is -2.13. The minimum absolute atomic E-state index is 0.376. The molecule has 0 aromatic carbocycles. The van der Waals surface area contributed by atoms with Gasteiger partial charge in [0.05, 0.1) is 6.04 Å². The number of hydrogen-bond acceptors (Lipinski definition) is 3. The SMILES string of the molecule is C[C@H]1N=C(N)O[C@H]2C[C@H]21. The van der Waals surface area contributed by atoms with Gasteiger partial charge in [0.25, 0.3) is 6.02 Å². The monoisotopic (exact) mass is 126 g/mol. The summed E-state index contributed by atoms with van der Waals surface area (Å²) in [6.45, 7) is 2.08. The van der Waals surface area contributed by atoms with Crippen molar-refractivity contribution in [2.75, 3.05) is 0 Å². The fourth-order valence-corrected chi connectivity index (χ4v) is 1.31. The van der Waals surface area contributed by atoms with Crippen molar-refractivity contribution in [2.45, 2.75) is 25.5 Å². The van der Waals surface area contributed by atoms with Gasteiger partial charge in [0.2, 0.25) is 0 Å². The fourth-order valence-electron chi connectivity index (χ4n) is 1.31. The number of hydrogen-bond donors (Lipinski definition) is 1. The molecule has 1 saturated carbocycles. The molecule has 3 heteroatoms. The summed E-state index contributed by atoms with van der Waals surface area (Å²) in [5.41, 5.74) is 5.37. The highest BCUT2D eigenvalue weighted by Crippen LogP contribution is 2.40. The Labute approximate surface area is 53.9 Å². The highest BCUT2D eigenvalue weighted by atomic mass is 16.5. The molecule has 0 spiro atoms. The number of fused-ring (bicyclic) bond motifs is 1. The molecule has 1 aliphatic heterocycles. The summed E-state index contributed by atoms with van der Waals surface area (Å²) in [6.07, 6.45) is 1.54. The van der Waals surface area contributed by atoms with Gasteiger partial charge in [0, 0.05) is 5.92 Å². The molecule has 2 N–H and O–H groups in total. The summed E-state index contributed by atoms with van der Waals surface area (Å²) in [5.74, 6) is 0.664. The van der Waals surface area contributed by atoms with Crippen LogP contribution in [0.25, 0.3) is 0 Å². The Morgan fingerprint density at radius 3 is 3.22 bits per heavy atom. The minimum Gasteiger partial charge on any atom is -0.462 e. The number of amidine groups is 1. The lowest BCUT2D eigenvalue weighted by atomic mass is 10.2. The maximum absolute atomic E-state index is 5.37. The molecule has 50 valence electrons. The normalized spacial score (nSPS) is 46.8. The second-order valence-corrected chi connectivity index (χ2v) is 2.76. The Hall–Kier alpha value is -0.730. The van der Waals surface area contributed by atoms with Gasteiger partial charge in [0.1, 0.15) is 6.10 Å². The van der Waals surface area contributed by atoms with Gasteiger partial charge < -0.3 is 10.5 Å². The van der Waals surface area contributed by atoms with Gasteiger partial charge in [0.15, 0.2) is 0 Å². The van der Waals surface area contributed by atoms with Crippen molar-refractivity contribution in [1.82, 2.24) is 0 Å². The number of nitrogens with two attached hydrogens (primary N) is 1. The summed E-state index contributed by atoms with van der Waals surface area (Å²) in [4.78, 5) is 4.08. The second-order valence-electron chi connectivity index (χ2n) is 2.76. The molecule has 1 aliphatic carbocycles. The topological polar surface area (TPSA) is 47.6 Å². The molecule has 0 bridgehead atoms. The lowest BCUT2D eigenvalue weighted by molar-refractivity contribution is 0.239. The molecular weight excluding hydrogens is 116 g/mol. The molecule has 3 atom stereocenters. The van der Waals surface area contributed by atoms with Gasteiger partial charge >= 0.3 is 0 Å². The van der Waals surface area contributed by atoms with Crippen LogP contribution in [0.4, 0.5) is 0 Å². The van der Waals surface area contributed by atoms with Crippen molar-refractivity contribution in [3.05, 3.63) is 0 Å². The van der Waals surface area contributed by atoms with Crippen molar-refractivity contribution >= 4 is 6.02 Å². The second kappa shape index (κ2) is 1.40. The van der Waals surface area contributed by atoms with Crippen molar-refractivity contribution in [3.63, 3.8) is 0 Å². The molecule has 0 saturated heterocycles. The summed E-state index contributed by atoms with van der Waals surface area (Å²) in [6, 6.07) is 0.769. The molecule has 3 nitrogen and oxygen atoms in total. The minimum atomic E-state index is 0.376. The molecule has 2 rings (SSSR count). The highest BCUT2D eigenvalue weighted by molar-refractivity contribution is 5.73. The smallest absolute Gasteiger partial charge is 0.282 e. The average Bonchev–Trinajstić information content (AvgIpc) is 2.43. The van der Waals surface area contributed by atoms with E-state index in [1.54, 1.807) is 0 Å². The Balaban J connectivity index is 2.16. The van der Waals surface area contributed by atoms with E-state index in [0.29, 0.717) is 24.1 Å². The Bertz CT molecular complexity index is 166. The molecule has 1 heterocycles. The standard InChI is InChI=1S/C6H10N2O/c1-3-4-2-5(4)9-6(7)8-3/h3-5H,2H2,1H3,(H2,7,8)/t3-,4+,5+/m1/s1. The van der Waals surface area contributed by atoms with E-state index in [1.165, 1.54) is 0 Å². The quantitative estimate of drug-likeness (QED) is 0.500. The zero-order valence-corrected chi connectivity index (χ0v) is 5.37. The molecule has 0 aromatic heterocycles. The van der Waals surface area contributed by atoms with Crippen LogP contribution in [0.3, 0.4) is 0 Å². The molecule has 0 aromatic rings. The van der Waals surface area contributed by atoms with Crippen LogP contribution < -0.4 is 5.73 Å². The van der Waals surface area contributed by atoms with Gasteiger partial charge in [-0.15, -0.1) is 0 Å². The summed E-state index contributed by atoms with van der Waals surface area (Å²) >= 11 is 0. The molecular formula is C6H10N2O. The number of nitrogens with zero attached hydrogens (tertiary/aromatic N) is 1. The molecule has 2 aliphatic rings. The predicted octanol–water partition coefficient (Wildman–Crippen LogP) is 0.108. The Morgan fingerprint density at radius 2 is 2.56 bits per heavy atom. The van der Waals surface area contributed by atoms with Gasteiger partial charge in [-0.25, -0.2) is 4.99 Å². The van der Waals surface area contributed by atoms with Crippen LogP contribution in [0, 0.1) is 5.92 Å². The van der Waals surface area contributed by atoms with Crippen molar-refractivity contribution in [1.29, 1.82) is 0 Å². The zero-order chi connectivity index (χ0) is 6.43.